The van der Waals surface area contributed by atoms with Gasteiger partial charge >= 0.3 is 7.12 Å². The van der Waals surface area contributed by atoms with E-state index in [0.29, 0.717) is 5.46 Å². The molecule has 1 aromatic carbocycles. The van der Waals surface area contributed by atoms with E-state index in [4.69, 9.17) is 10.0 Å². The van der Waals surface area contributed by atoms with Crippen molar-refractivity contribution < 1.29 is 10.0 Å². The first-order valence-corrected chi connectivity index (χ1v) is 5.08. The Kier molecular flexibility index (Phi) is 3.60. The summed E-state index contributed by atoms with van der Waals surface area (Å²) in [5, 5.41) is 17.9. The summed E-state index contributed by atoms with van der Waals surface area (Å²) in [6.07, 6.45) is 0. The number of benzene rings is 1. The van der Waals surface area contributed by atoms with E-state index in [0.717, 1.165) is 7.14 Å². The second-order valence-electron chi connectivity index (χ2n) is 2.01. The number of hydrogen-bond acceptors (Lipinski definition) is 2. The Morgan fingerprint density at radius 3 is 1.82 bits per heavy atom. The highest BCUT2D eigenvalue weighted by Gasteiger charge is 2.17. The van der Waals surface area contributed by atoms with Crippen molar-refractivity contribution in [2.75, 3.05) is 0 Å². The topological polar surface area (TPSA) is 40.5 Å². The van der Waals surface area contributed by atoms with Crippen LogP contribution in [-0.2, 0) is 0 Å². The van der Waals surface area contributed by atoms with Crippen molar-refractivity contribution >= 4 is 57.8 Å². The Morgan fingerprint density at radius 2 is 1.55 bits per heavy atom. The second kappa shape index (κ2) is 4.06. The highest BCUT2D eigenvalue weighted by Crippen LogP contribution is 2.07. The highest BCUT2D eigenvalue weighted by atomic mass is 127. The van der Waals surface area contributed by atoms with Crippen molar-refractivity contribution in [2.45, 2.75) is 0 Å². The summed E-state index contributed by atoms with van der Waals surface area (Å²) in [6.45, 7) is 0. The first-order valence-electron chi connectivity index (χ1n) is 2.93. The molecule has 0 aliphatic heterocycles. The molecule has 2 N–H and O–H groups in total. The zero-order chi connectivity index (χ0) is 8.43. The van der Waals surface area contributed by atoms with Crippen molar-refractivity contribution in [1.82, 2.24) is 0 Å². The summed E-state index contributed by atoms with van der Waals surface area (Å²) >= 11 is 4.15. The standard InChI is InChI=1S/C6H5BI2O2/c8-4-2-1-3-5(9)6(4)7(10)11/h1-3,10-11H. The van der Waals surface area contributed by atoms with Crippen LogP contribution in [0, 0.1) is 7.14 Å². The van der Waals surface area contributed by atoms with Crippen LogP contribution in [0.25, 0.3) is 0 Å². The molecule has 1 rings (SSSR count). The van der Waals surface area contributed by atoms with Crippen LogP contribution in [0.4, 0.5) is 0 Å². The van der Waals surface area contributed by atoms with Crippen LogP contribution < -0.4 is 5.46 Å². The van der Waals surface area contributed by atoms with E-state index in [9.17, 15) is 0 Å². The van der Waals surface area contributed by atoms with Crippen LogP contribution in [0.5, 0.6) is 0 Å². The van der Waals surface area contributed by atoms with E-state index in [-0.39, 0.29) is 0 Å². The van der Waals surface area contributed by atoms with Crippen molar-refractivity contribution in [3.8, 4) is 0 Å². The normalized spacial score (nSPS) is 9.82. The third-order valence-electron chi connectivity index (χ3n) is 1.26. The van der Waals surface area contributed by atoms with Gasteiger partial charge in [-0.25, -0.2) is 0 Å². The molecule has 0 saturated heterocycles. The number of hydrogen-bond donors (Lipinski definition) is 2. The molecule has 5 heteroatoms. The molecule has 0 saturated carbocycles. The molecule has 0 atom stereocenters. The fourth-order valence-electron chi connectivity index (χ4n) is 0.757. The van der Waals surface area contributed by atoms with Gasteiger partial charge in [0.1, 0.15) is 0 Å². The lowest BCUT2D eigenvalue weighted by Crippen LogP contribution is -2.34. The van der Waals surface area contributed by atoms with Gasteiger partial charge in [0.05, 0.1) is 0 Å². The Bertz CT molecular complexity index is 245. The molecular formula is C6H5BI2O2. The predicted octanol–water partition coefficient (Wildman–Crippen LogP) is 0.576. The third-order valence-corrected chi connectivity index (χ3v) is 3.14. The lowest BCUT2D eigenvalue weighted by atomic mass is 9.80. The molecule has 0 unspecified atom stereocenters. The van der Waals surface area contributed by atoms with Gasteiger partial charge in [0.15, 0.2) is 0 Å². The average molecular weight is 374 g/mol. The summed E-state index contributed by atoms with van der Waals surface area (Å²) in [7, 11) is -1.37. The molecule has 0 aliphatic rings. The molecule has 1 aromatic rings. The Hall–Kier alpha value is 0.665. The quantitative estimate of drug-likeness (QED) is 0.558. The third kappa shape index (κ3) is 2.30. The summed E-state index contributed by atoms with van der Waals surface area (Å²) in [4.78, 5) is 0. The molecule has 0 radical (unpaired) electrons. The van der Waals surface area contributed by atoms with E-state index in [1.54, 1.807) is 0 Å². The van der Waals surface area contributed by atoms with Gasteiger partial charge in [-0.15, -0.1) is 0 Å². The van der Waals surface area contributed by atoms with E-state index in [1.807, 2.05) is 18.2 Å². The zero-order valence-electron chi connectivity index (χ0n) is 5.46. The van der Waals surface area contributed by atoms with Crippen LogP contribution in [-0.4, -0.2) is 17.2 Å². The van der Waals surface area contributed by atoms with Crippen molar-refractivity contribution in [1.29, 1.82) is 0 Å². The summed E-state index contributed by atoms with van der Waals surface area (Å²) in [5.41, 5.74) is 0.591. The molecule has 2 nitrogen and oxygen atoms in total. The minimum atomic E-state index is -1.37. The number of rotatable bonds is 1. The highest BCUT2D eigenvalue weighted by molar-refractivity contribution is 14.1. The lowest BCUT2D eigenvalue weighted by Gasteiger charge is -2.04. The van der Waals surface area contributed by atoms with Crippen molar-refractivity contribution in [3.63, 3.8) is 0 Å². The van der Waals surface area contributed by atoms with Gasteiger partial charge < -0.3 is 10.0 Å². The Balaban J connectivity index is 3.21. The Labute approximate surface area is 92.4 Å². The Morgan fingerprint density at radius 1 is 1.09 bits per heavy atom. The van der Waals surface area contributed by atoms with Crippen LogP contribution in [0.1, 0.15) is 0 Å². The van der Waals surface area contributed by atoms with Gasteiger partial charge in [-0.1, -0.05) is 6.07 Å². The lowest BCUT2D eigenvalue weighted by molar-refractivity contribution is 0.425. The predicted molar refractivity (Wildman–Crippen MR) is 61.7 cm³/mol. The molecule has 0 spiro atoms. The van der Waals surface area contributed by atoms with Gasteiger partial charge in [0, 0.05) is 12.6 Å². The zero-order valence-corrected chi connectivity index (χ0v) is 9.77. The first kappa shape index (κ1) is 9.75. The van der Waals surface area contributed by atoms with Crippen molar-refractivity contribution in [3.05, 3.63) is 25.3 Å². The molecule has 0 heterocycles. The van der Waals surface area contributed by atoms with Gasteiger partial charge in [-0.05, 0) is 57.3 Å². The molecule has 0 aliphatic carbocycles. The fraction of sp³-hybridized carbons (Fsp3) is 0. The molecule has 0 fully saturated rings. The molecule has 0 amide bonds. The van der Waals surface area contributed by atoms with Gasteiger partial charge in [-0.2, -0.15) is 0 Å². The minimum absolute atomic E-state index is 0.591. The maximum atomic E-state index is 8.93. The monoisotopic (exact) mass is 374 g/mol. The minimum Gasteiger partial charge on any atom is -0.423 e. The smallest absolute Gasteiger partial charge is 0.423 e. The second-order valence-corrected chi connectivity index (χ2v) is 4.33. The average Bonchev–Trinajstić information content (AvgIpc) is 1.85. The largest absolute Gasteiger partial charge is 0.490 e. The van der Waals surface area contributed by atoms with Crippen LogP contribution in [0.3, 0.4) is 0 Å². The fourth-order valence-corrected chi connectivity index (χ4v) is 2.83. The van der Waals surface area contributed by atoms with E-state index in [1.165, 1.54) is 0 Å². The maximum absolute atomic E-state index is 8.93. The SMILES string of the molecule is OB(O)c1c(I)cccc1I. The number of halogens is 2. The maximum Gasteiger partial charge on any atom is 0.490 e. The summed E-state index contributed by atoms with van der Waals surface area (Å²) in [5.74, 6) is 0. The summed E-state index contributed by atoms with van der Waals surface area (Å²) < 4.78 is 1.76. The van der Waals surface area contributed by atoms with Crippen LogP contribution in [0.2, 0.25) is 0 Å². The molecule has 0 aromatic heterocycles. The van der Waals surface area contributed by atoms with E-state index < -0.39 is 7.12 Å². The molecular weight excluding hydrogens is 369 g/mol. The first-order chi connectivity index (χ1) is 5.13. The van der Waals surface area contributed by atoms with Gasteiger partial charge in [0.2, 0.25) is 0 Å². The van der Waals surface area contributed by atoms with Gasteiger partial charge in [-0.3, -0.25) is 0 Å². The van der Waals surface area contributed by atoms with E-state index >= 15 is 0 Å². The van der Waals surface area contributed by atoms with Gasteiger partial charge in [0.25, 0.3) is 0 Å². The van der Waals surface area contributed by atoms with Crippen molar-refractivity contribution in [2.24, 2.45) is 0 Å². The van der Waals surface area contributed by atoms with E-state index in [2.05, 4.69) is 45.2 Å². The molecule has 58 valence electrons. The molecule has 11 heavy (non-hydrogen) atoms. The van der Waals surface area contributed by atoms with Crippen LogP contribution >= 0.6 is 45.2 Å². The molecule has 0 bridgehead atoms. The van der Waals surface area contributed by atoms with Crippen LogP contribution in [0.15, 0.2) is 18.2 Å². The summed E-state index contributed by atoms with van der Waals surface area (Å²) in [6, 6.07) is 5.57.